The molecule has 0 aromatic heterocycles. The van der Waals surface area contributed by atoms with E-state index in [0.717, 1.165) is 18.7 Å². The van der Waals surface area contributed by atoms with E-state index in [1.165, 1.54) is 28.7 Å². The third kappa shape index (κ3) is 2.45. The highest BCUT2D eigenvalue weighted by Crippen LogP contribution is 2.34. The Labute approximate surface area is 120 Å². The minimum atomic E-state index is 0.657. The first-order chi connectivity index (χ1) is 9.78. The molecule has 0 spiro atoms. The second-order valence-electron chi connectivity index (χ2n) is 5.48. The van der Waals surface area contributed by atoms with E-state index in [4.69, 9.17) is 5.26 Å². The lowest BCUT2D eigenvalue weighted by molar-refractivity contribution is 0.535. The summed E-state index contributed by atoms with van der Waals surface area (Å²) in [6.45, 7) is 3.96. The number of nitrogens with zero attached hydrogens (tertiary/aromatic N) is 1. The van der Waals surface area contributed by atoms with Crippen molar-refractivity contribution in [3.05, 3.63) is 70.3 Å². The summed E-state index contributed by atoms with van der Waals surface area (Å²) in [6.07, 6.45) is 1.19. The van der Waals surface area contributed by atoms with Crippen molar-refractivity contribution < 1.29 is 0 Å². The molecule has 100 valence electrons. The summed E-state index contributed by atoms with van der Waals surface area (Å²) in [4.78, 5) is 0. The molecular formula is C18H18N2. The Morgan fingerprint density at radius 3 is 2.85 bits per heavy atom. The fourth-order valence-electron chi connectivity index (χ4n) is 2.89. The highest BCUT2D eigenvalue weighted by molar-refractivity contribution is 5.40. The van der Waals surface area contributed by atoms with Gasteiger partial charge in [-0.05, 0) is 47.7 Å². The molecule has 2 nitrogen and oxygen atoms in total. The zero-order valence-corrected chi connectivity index (χ0v) is 11.7. The topological polar surface area (TPSA) is 35.8 Å². The fraction of sp³-hybridized carbons (Fsp3) is 0.278. The van der Waals surface area contributed by atoms with E-state index in [2.05, 4.69) is 48.6 Å². The first kappa shape index (κ1) is 12.9. The van der Waals surface area contributed by atoms with Crippen molar-refractivity contribution in [1.82, 2.24) is 5.32 Å². The van der Waals surface area contributed by atoms with Crippen molar-refractivity contribution in [3.63, 3.8) is 0 Å². The predicted octanol–water partition coefficient (Wildman–Crippen LogP) is 3.30. The van der Waals surface area contributed by atoms with Gasteiger partial charge in [0.1, 0.15) is 0 Å². The Kier molecular flexibility index (Phi) is 3.54. The zero-order chi connectivity index (χ0) is 13.9. The van der Waals surface area contributed by atoms with Crippen LogP contribution in [0.3, 0.4) is 0 Å². The van der Waals surface area contributed by atoms with Gasteiger partial charge in [0, 0.05) is 19.0 Å². The number of benzene rings is 2. The van der Waals surface area contributed by atoms with Crippen LogP contribution in [-0.2, 0) is 13.0 Å². The number of nitrogens with one attached hydrogen (secondary N) is 1. The van der Waals surface area contributed by atoms with Crippen molar-refractivity contribution in [2.24, 2.45) is 0 Å². The molecule has 1 unspecified atom stereocenters. The lowest BCUT2D eigenvalue weighted by Gasteiger charge is -2.30. The maximum absolute atomic E-state index is 8.87. The van der Waals surface area contributed by atoms with E-state index in [0.29, 0.717) is 5.92 Å². The number of aryl methyl sites for hydroxylation is 1. The van der Waals surface area contributed by atoms with Gasteiger partial charge in [0.2, 0.25) is 0 Å². The Morgan fingerprint density at radius 1 is 1.25 bits per heavy atom. The van der Waals surface area contributed by atoms with Crippen molar-refractivity contribution in [1.29, 1.82) is 5.26 Å². The molecular weight excluding hydrogens is 244 g/mol. The molecule has 0 aliphatic heterocycles. The molecule has 1 aliphatic carbocycles. The summed E-state index contributed by atoms with van der Waals surface area (Å²) in [5, 5.41) is 12.4. The first-order valence-corrected chi connectivity index (χ1v) is 7.06. The molecule has 0 fully saturated rings. The summed E-state index contributed by atoms with van der Waals surface area (Å²) < 4.78 is 0. The van der Waals surface area contributed by atoms with Crippen molar-refractivity contribution in [2.75, 3.05) is 6.54 Å². The normalized spacial score (nSPS) is 16.1. The molecule has 1 N–H and O–H groups in total. The molecule has 2 heteroatoms. The minimum Gasteiger partial charge on any atom is -0.312 e. The van der Waals surface area contributed by atoms with Gasteiger partial charge in [0.15, 0.2) is 0 Å². The van der Waals surface area contributed by atoms with Crippen LogP contribution in [0.4, 0.5) is 0 Å². The van der Waals surface area contributed by atoms with E-state index < -0.39 is 0 Å². The Morgan fingerprint density at radius 2 is 2.10 bits per heavy atom. The summed E-state index contributed by atoms with van der Waals surface area (Å²) in [5.74, 6) is 0.657. The second-order valence-corrected chi connectivity index (χ2v) is 5.48. The molecule has 0 heterocycles. The van der Waals surface area contributed by atoms with Gasteiger partial charge < -0.3 is 5.32 Å². The molecule has 0 radical (unpaired) electrons. The Bertz CT molecular complexity index is 667. The van der Waals surface area contributed by atoms with E-state index in [9.17, 15) is 0 Å². The lowest BCUT2D eigenvalue weighted by atomic mass is 9.77. The second kappa shape index (κ2) is 5.48. The monoisotopic (exact) mass is 262 g/mol. The molecule has 0 bridgehead atoms. The van der Waals surface area contributed by atoms with Crippen LogP contribution in [0.2, 0.25) is 0 Å². The van der Waals surface area contributed by atoms with Gasteiger partial charge in [0.25, 0.3) is 0 Å². The smallest absolute Gasteiger partial charge is 0.0991 e. The maximum Gasteiger partial charge on any atom is 0.0991 e. The molecule has 0 saturated carbocycles. The molecule has 0 amide bonds. The minimum absolute atomic E-state index is 0.657. The SMILES string of the molecule is Cc1cc(C#N)ccc1CNCC1Cc2ccccc21. The van der Waals surface area contributed by atoms with Crippen LogP contribution < -0.4 is 5.32 Å². The van der Waals surface area contributed by atoms with Crippen LogP contribution in [0.5, 0.6) is 0 Å². The van der Waals surface area contributed by atoms with Crippen LogP contribution in [0.25, 0.3) is 0 Å². The molecule has 2 aromatic rings. The molecule has 20 heavy (non-hydrogen) atoms. The summed E-state index contributed by atoms with van der Waals surface area (Å²) >= 11 is 0. The van der Waals surface area contributed by atoms with E-state index in [1.807, 2.05) is 12.1 Å². The highest BCUT2D eigenvalue weighted by atomic mass is 14.9. The number of nitriles is 1. The standard InChI is InChI=1S/C18H18N2/c1-13-8-14(10-19)6-7-16(13)11-20-12-17-9-15-4-2-3-5-18(15)17/h2-8,17,20H,9,11-12H2,1H3. The summed E-state index contributed by atoms with van der Waals surface area (Å²) in [5.41, 5.74) is 6.19. The van der Waals surface area contributed by atoms with Crippen LogP contribution in [-0.4, -0.2) is 6.54 Å². The van der Waals surface area contributed by atoms with Gasteiger partial charge in [-0.2, -0.15) is 5.26 Å². The van der Waals surface area contributed by atoms with Gasteiger partial charge in [0.05, 0.1) is 11.6 Å². The van der Waals surface area contributed by atoms with E-state index >= 15 is 0 Å². The van der Waals surface area contributed by atoms with Gasteiger partial charge in [-0.25, -0.2) is 0 Å². The molecule has 1 atom stereocenters. The maximum atomic E-state index is 8.87. The van der Waals surface area contributed by atoms with Gasteiger partial charge in [-0.15, -0.1) is 0 Å². The summed E-state index contributed by atoms with van der Waals surface area (Å²) in [7, 11) is 0. The van der Waals surface area contributed by atoms with Gasteiger partial charge >= 0.3 is 0 Å². The molecule has 2 aromatic carbocycles. The number of rotatable bonds is 4. The Balaban J connectivity index is 1.56. The van der Waals surface area contributed by atoms with Crippen LogP contribution >= 0.6 is 0 Å². The zero-order valence-electron chi connectivity index (χ0n) is 11.7. The third-order valence-electron chi connectivity index (χ3n) is 4.14. The molecule has 1 aliphatic rings. The van der Waals surface area contributed by atoms with Gasteiger partial charge in [-0.1, -0.05) is 30.3 Å². The predicted molar refractivity (Wildman–Crippen MR) is 80.5 cm³/mol. The van der Waals surface area contributed by atoms with Crippen LogP contribution in [0, 0.1) is 18.3 Å². The molecule has 3 rings (SSSR count). The van der Waals surface area contributed by atoms with Gasteiger partial charge in [-0.3, -0.25) is 0 Å². The van der Waals surface area contributed by atoms with E-state index in [1.54, 1.807) is 0 Å². The fourth-order valence-corrected chi connectivity index (χ4v) is 2.89. The van der Waals surface area contributed by atoms with Crippen LogP contribution in [0.15, 0.2) is 42.5 Å². The average Bonchev–Trinajstić information content (AvgIpc) is 2.45. The number of fused-ring (bicyclic) bond motifs is 1. The Hall–Kier alpha value is -2.11. The first-order valence-electron chi connectivity index (χ1n) is 7.06. The van der Waals surface area contributed by atoms with Crippen LogP contribution in [0.1, 0.15) is 33.7 Å². The quantitative estimate of drug-likeness (QED) is 0.917. The van der Waals surface area contributed by atoms with E-state index in [-0.39, 0.29) is 0 Å². The number of hydrogen-bond donors (Lipinski definition) is 1. The van der Waals surface area contributed by atoms with Crippen molar-refractivity contribution in [3.8, 4) is 6.07 Å². The van der Waals surface area contributed by atoms with Crippen molar-refractivity contribution >= 4 is 0 Å². The highest BCUT2D eigenvalue weighted by Gasteiger charge is 2.24. The largest absolute Gasteiger partial charge is 0.312 e. The molecule has 0 saturated heterocycles. The lowest BCUT2D eigenvalue weighted by Crippen LogP contribution is -2.28. The number of hydrogen-bond acceptors (Lipinski definition) is 2. The average molecular weight is 262 g/mol. The van der Waals surface area contributed by atoms with Crippen molar-refractivity contribution in [2.45, 2.75) is 25.8 Å². The summed E-state index contributed by atoms with van der Waals surface area (Å²) in [6, 6.07) is 16.8. The third-order valence-corrected chi connectivity index (χ3v) is 4.14.